The van der Waals surface area contributed by atoms with Crippen LogP contribution in [0.2, 0.25) is 0 Å². The maximum atomic E-state index is 14.4. The number of hydrogen-bond acceptors (Lipinski definition) is 11. The Morgan fingerprint density at radius 3 is 1.71 bits per heavy atom. The molecule has 0 saturated carbocycles. The van der Waals surface area contributed by atoms with E-state index in [1.165, 1.54) is 11.3 Å². The number of benzene rings is 3. The third-order valence-electron chi connectivity index (χ3n) is 6.47. The summed E-state index contributed by atoms with van der Waals surface area (Å²) in [5, 5.41) is 23.0. The van der Waals surface area contributed by atoms with E-state index in [1.807, 2.05) is 0 Å². The van der Waals surface area contributed by atoms with E-state index in [9.17, 15) is 37.4 Å². The number of halogens is 5. The van der Waals surface area contributed by atoms with E-state index in [0.717, 1.165) is 41.2 Å². The number of thiazole rings is 2. The van der Waals surface area contributed by atoms with Crippen LogP contribution in [0.1, 0.15) is 54.2 Å². The molecule has 5 rings (SSSR count). The highest BCUT2D eigenvalue weighted by Crippen LogP contribution is 2.31. The largest absolute Gasteiger partial charge is 0.497 e. The third kappa shape index (κ3) is 9.80. The molecule has 0 aliphatic heterocycles. The third-order valence-corrected chi connectivity index (χ3v) is 9.05. The lowest BCUT2D eigenvalue weighted by Gasteiger charge is -2.16. The molecule has 0 aliphatic rings. The number of aliphatic hydroxyl groups is 2. The van der Waals surface area contributed by atoms with Gasteiger partial charge in [0.15, 0.2) is 35.3 Å². The average Bonchev–Trinajstić information content (AvgIpc) is 3.76. The minimum Gasteiger partial charge on any atom is -0.497 e. The van der Waals surface area contributed by atoms with E-state index >= 15 is 0 Å². The Kier molecular flexibility index (Phi) is 13.5. The van der Waals surface area contributed by atoms with Gasteiger partial charge in [-0.3, -0.25) is 9.59 Å². The molecule has 2 atom stereocenters. The summed E-state index contributed by atoms with van der Waals surface area (Å²) in [6.45, 7) is -0.996. The van der Waals surface area contributed by atoms with Crippen LogP contribution < -0.4 is 25.7 Å². The highest BCUT2D eigenvalue weighted by molar-refractivity contribution is 9.10. The van der Waals surface area contributed by atoms with Crippen LogP contribution in [0.4, 0.5) is 17.6 Å². The molecule has 0 fully saturated rings. The number of methoxy groups -OCH3 is 1. The van der Waals surface area contributed by atoms with Gasteiger partial charge in [0.1, 0.15) is 48.8 Å². The van der Waals surface area contributed by atoms with Crippen LogP contribution in [0.25, 0.3) is 0 Å². The predicted octanol–water partition coefficient (Wildman–Crippen LogP) is 5.44. The van der Waals surface area contributed by atoms with Crippen LogP contribution in [0.3, 0.4) is 0 Å². The molecule has 18 heteroatoms. The fraction of sp³-hybridized carbons (Fsp3) is 0.152. The first-order valence-electron chi connectivity index (χ1n) is 14.2. The van der Waals surface area contributed by atoms with Crippen molar-refractivity contribution < 1.29 is 51.6 Å². The van der Waals surface area contributed by atoms with Gasteiger partial charge >= 0.3 is 0 Å². The van der Waals surface area contributed by atoms with Gasteiger partial charge in [0.05, 0.1) is 20.3 Å². The molecule has 0 spiro atoms. The quantitative estimate of drug-likeness (QED) is 0.1000. The van der Waals surface area contributed by atoms with Gasteiger partial charge in [-0.05, 0) is 70.4 Å². The molecule has 6 N–H and O–H groups in total. The second-order valence-electron chi connectivity index (χ2n) is 9.83. The van der Waals surface area contributed by atoms with E-state index in [0.29, 0.717) is 26.1 Å². The van der Waals surface area contributed by atoms with Crippen LogP contribution in [0.5, 0.6) is 17.2 Å². The Morgan fingerprint density at radius 2 is 1.27 bits per heavy atom. The monoisotopic (exact) mass is 808 g/mol. The van der Waals surface area contributed by atoms with E-state index < -0.39 is 83.1 Å². The lowest BCUT2D eigenvalue weighted by Crippen LogP contribution is -2.18. The zero-order chi connectivity index (χ0) is 37.2. The van der Waals surface area contributed by atoms with Crippen molar-refractivity contribution in [2.45, 2.75) is 12.2 Å². The molecule has 51 heavy (non-hydrogen) atoms. The highest BCUT2D eigenvalue weighted by atomic mass is 79.9. The standard InChI is InChI=1S/C21H16F2N2O4S.C12H9BrF2N2O3S/c1-28-14-6-3-12(4-7-14)2-5-13-11-30-21(25-13)17(10-26)29-16-9-8-15(22)18(19(16)23)20(24)27;13-8-4-21-12(17-8)7(3-18)20-6-2-1-5(14)9(10(6)15)11(16)19/h3-4,6-9,11,17,26H,10H2,1H3,(H2,24,27);1-2,4,7,18H,3H2,(H2,16,19). The molecule has 0 saturated heterocycles. The molecular weight excluding hydrogens is 784 g/mol. The first kappa shape index (κ1) is 38.7. The van der Waals surface area contributed by atoms with Crippen LogP contribution in [-0.2, 0) is 0 Å². The normalized spacial score (nSPS) is 11.7. The SMILES string of the molecule is COc1ccc(C#Cc2csc(C(CO)Oc3ccc(F)c(C(N)=O)c3F)n2)cc1.NC(=O)c1c(F)ccc(OC(CO)c2nc(Br)cs2)c1F. The van der Waals surface area contributed by atoms with Crippen molar-refractivity contribution >= 4 is 50.4 Å². The lowest BCUT2D eigenvalue weighted by molar-refractivity contribution is 0.0973. The number of carbonyl (C=O) groups is 2. The van der Waals surface area contributed by atoms with Gasteiger partial charge in [0.2, 0.25) is 0 Å². The molecule has 2 aromatic heterocycles. The fourth-order valence-corrected chi connectivity index (χ4v) is 6.11. The van der Waals surface area contributed by atoms with Crippen molar-refractivity contribution in [3.05, 3.63) is 120 Å². The van der Waals surface area contributed by atoms with Crippen molar-refractivity contribution in [1.82, 2.24) is 9.97 Å². The summed E-state index contributed by atoms with van der Waals surface area (Å²) in [6.07, 6.45) is -1.98. The topological polar surface area (TPSA) is 180 Å². The Balaban J connectivity index is 0.000000244. The molecule has 11 nitrogen and oxygen atoms in total. The first-order valence-corrected chi connectivity index (χ1v) is 16.7. The van der Waals surface area contributed by atoms with E-state index in [-0.39, 0.29) is 0 Å². The molecule has 2 amide bonds. The lowest BCUT2D eigenvalue weighted by atomic mass is 10.1. The molecule has 2 unspecified atom stereocenters. The van der Waals surface area contributed by atoms with Gasteiger partial charge < -0.3 is 35.9 Å². The minimum absolute atomic E-state index is 0.334. The van der Waals surface area contributed by atoms with E-state index in [1.54, 1.807) is 42.1 Å². The summed E-state index contributed by atoms with van der Waals surface area (Å²) >= 11 is 5.49. The Morgan fingerprint density at radius 1 is 0.784 bits per heavy atom. The molecule has 266 valence electrons. The fourth-order valence-electron chi connectivity index (χ4n) is 4.06. The van der Waals surface area contributed by atoms with Crippen molar-refractivity contribution in [1.29, 1.82) is 0 Å². The van der Waals surface area contributed by atoms with Gasteiger partial charge in [-0.15, -0.1) is 22.7 Å². The maximum absolute atomic E-state index is 14.4. The van der Waals surface area contributed by atoms with Gasteiger partial charge in [0, 0.05) is 16.3 Å². The van der Waals surface area contributed by atoms with Crippen molar-refractivity contribution in [2.24, 2.45) is 11.5 Å². The second-order valence-corrected chi connectivity index (χ2v) is 12.4. The molecule has 3 aromatic carbocycles. The average molecular weight is 810 g/mol. The van der Waals surface area contributed by atoms with Crippen LogP contribution in [0, 0.1) is 35.1 Å². The zero-order valence-corrected chi connectivity index (χ0v) is 29.3. The molecule has 2 heterocycles. The number of rotatable bonds is 11. The Labute approximate surface area is 303 Å². The van der Waals surface area contributed by atoms with Crippen molar-refractivity contribution in [2.75, 3.05) is 20.3 Å². The van der Waals surface area contributed by atoms with Gasteiger partial charge in [-0.1, -0.05) is 5.92 Å². The number of carbonyl (C=O) groups excluding carboxylic acids is 2. The maximum Gasteiger partial charge on any atom is 0.254 e. The number of ether oxygens (including phenoxy) is 3. The van der Waals surface area contributed by atoms with Gasteiger partial charge in [-0.25, -0.2) is 27.5 Å². The number of amides is 2. The van der Waals surface area contributed by atoms with E-state index in [2.05, 4.69) is 37.7 Å². The summed E-state index contributed by atoms with van der Waals surface area (Å²) in [6, 6.07) is 10.9. The summed E-state index contributed by atoms with van der Waals surface area (Å²) < 4.78 is 71.7. The minimum atomic E-state index is -1.26. The zero-order valence-electron chi connectivity index (χ0n) is 26.0. The molecule has 0 radical (unpaired) electrons. The van der Waals surface area contributed by atoms with Gasteiger partial charge in [0.25, 0.3) is 11.8 Å². The second kappa shape index (κ2) is 17.7. The molecule has 5 aromatic rings. The number of aliphatic hydroxyl groups excluding tert-OH is 2. The summed E-state index contributed by atoms with van der Waals surface area (Å²) in [4.78, 5) is 30.6. The number of nitrogens with zero attached hydrogens (tertiary/aromatic N) is 2. The van der Waals surface area contributed by atoms with Crippen LogP contribution >= 0.6 is 38.6 Å². The summed E-state index contributed by atoms with van der Waals surface area (Å²) in [7, 11) is 1.57. The van der Waals surface area contributed by atoms with Crippen molar-refractivity contribution in [3.63, 3.8) is 0 Å². The van der Waals surface area contributed by atoms with Crippen LogP contribution in [0.15, 0.2) is 63.9 Å². The van der Waals surface area contributed by atoms with E-state index in [4.69, 9.17) is 25.7 Å². The molecule has 0 bridgehead atoms. The molecule has 0 aliphatic carbocycles. The van der Waals surface area contributed by atoms with Gasteiger partial charge in [-0.2, -0.15) is 0 Å². The number of hydrogen-bond donors (Lipinski definition) is 4. The smallest absolute Gasteiger partial charge is 0.254 e. The first-order chi connectivity index (χ1) is 24.4. The number of aromatic nitrogens is 2. The highest BCUT2D eigenvalue weighted by Gasteiger charge is 2.25. The Hall–Kier alpha value is -5.06. The summed E-state index contributed by atoms with van der Waals surface area (Å²) in [5.74, 6) is -1.40. The van der Waals surface area contributed by atoms with Crippen LogP contribution in [-0.4, -0.2) is 52.3 Å². The predicted molar refractivity (Wildman–Crippen MR) is 182 cm³/mol. The number of nitrogens with two attached hydrogens (primary N) is 2. The molecular formula is C33H25BrF4N4O7S2. The van der Waals surface area contributed by atoms with Crippen molar-refractivity contribution in [3.8, 4) is 29.1 Å². The summed E-state index contributed by atoms with van der Waals surface area (Å²) in [5.41, 5.74) is 9.32. The number of primary amides is 2. The Bertz CT molecular complexity index is 2090.